The SMILES string of the molecule is O=C(Nc1cccc(CSc2ccccn2)c1)[C@@H]1CCCN1C(=O)c1cccs1. The van der Waals surface area contributed by atoms with E-state index in [1.807, 2.05) is 60.0 Å². The number of hydrogen-bond donors (Lipinski definition) is 1. The van der Waals surface area contributed by atoms with Crippen LogP contribution in [0.1, 0.15) is 28.1 Å². The van der Waals surface area contributed by atoms with E-state index in [0.29, 0.717) is 17.8 Å². The molecule has 1 aliphatic rings. The monoisotopic (exact) mass is 423 g/mol. The molecule has 3 heterocycles. The lowest BCUT2D eigenvalue weighted by atomic mass is 10.1. The Morgan fingerprint density at radius 3 is 2.90 bits per heavy atom. The fourth-order valence-corrected chi connectivity index (χ4v) is 4.86. The van der Waals surface area contributed by atoms with Gasteiger partial charge in [0, 0.05) is 24.2 Å². The van der Waals surface area contributed by atoms with Crippen LogP contribution in [-0.2, 0) is 10.5 Å². The molecule has 1 aromatic carbocycles. The minimum atomic E-state index is -0.420. The number of hydrogen-bond acceptors (Lipinski definition) is 5. The molecule has 1 fully saturated rings. The third-order valence-electron chi connectivity index (χ3n) is 4.77. The van der Waals surface area contributed by atoms with Crippen molar-refractivity contribution in [1.29, 1.82) is 0 Å². The molecular weight excluding hydrogens is 402 g/mol. The molecule has 1 atom stereocenters. The number of pyridine rings is 1. The van der Waals surface area contributed by atoms with Crippen LogP contribution in [0.3, 0.4) is 0 Å². The van der Waals surface area contributed by atoms with Crippen LogP contribution in [0.5, 0.6) is 0 Å². The first-order valence-corrected chi connectivity index (χ1v) is 11.4. The van der Waals surface area contributed by atoms with Crippen LogP contribution in [0.15, 0.2) is 71.2 Å². The van der Waals surface area contributed by atoms with E-state index in [4.69, 9.17) is 0 Å². The number of amides is 2. The average Bonchev–Trinajstić information content (AvgIpc) is 3.45. The summed E-state index contributed by atoms with van der Waals surface area (Å²) >= 11 is 3.06. The first kappa shape index (κ1) is 19.7. The van der Waals surface area contributed by atoms with Crippen LogP contribution in [0, 0.1) is 0 Å². The summed E-state index contributed by atoms with van der Waals surface area (Å²) in [6.07, 6.45) is 3.32. The van der Waals surface area contributed by atoms with Gasteiger partial charge in [0.2, 0.25) is 5.91 Å². The van der Waals surface area contributed by atoms with Crippen LogP contribution in [0.4, 0.5) is 5.69 Å². The zero-order valence-electron chi connectivity index (χ0n) is 15.8. The summed E-state index contributed by atoms with van der Waals surface area (Å²) in [5, 5.41) is 5.85. The van der Waals surface area contributed by atoms with E-state index in [2.05, 4.69) is 10.3 Å². The van der Waals surface area contributed by atoms with Crippen LogP contribution < -0.4 is 5.32 Å². The number of benzene rings is 1. The van der Waals surface area contributed by atoms with Crippen LogP contribution >= 0.6 is 23.1 Å². The van der Waals surface area contributed by atoms with Gasteiger partial charge in [-0.25, -0.2) is 4.98 Å². The summed E-state index contributed by atoms with van der Waals surface area (Å²) in [6.45, 7) is 0.621. The number of carbonyl (C=O) groups excluding carboxylic acids is 2. The Balaban J connectivity index is 1.39. The molecule has 1 aliphatic heterocycles. The van der Waals surface area contributed by atoms with Gasteiger partial charge in [0.25, 0.3) is 5.91 Å². The third kappa shape index (κ3) is 4.86. The Morgan fingerprint density at radius 2 is 2.10 bits per heavy atom. The van der Waals surface area contributed by atoms with Gasteiger partial charge in [-0.3, -0.25) is 9.59 Å². The molecule has 29 heavy (non-hydrogen) atoms. The number of carbonyl (C=O) groups is 2. The smallest absolute Gasteiger partial charge is 0.264 e. The molecule has 7 heteroatoms. The topological polar surface area (TPSA) is 62.3 Å². The molecule has 5 nitrogen and oxygen atoms in total. The van der Waals surface area contributed by atoms with Crippen molar-refractivity contribution >= 4 is 40.6 Å². The minimum absolute atomic E-state index is 0.0573. The van der Waals surface area contributed by atoms with Crippen molar-refractivity contribution in [1.82, 2.24) is 9.88 Å². The molecule has 1 saturated heterocycles. The number of thioether (sulfide) groups is 1. The molecule has 0 saturated carbocycles. The summed E-state index contributed by atoms with van der Waals surface area (Å²) < 4.78 is 0. The average molecular weight is 424 g/mol. The zero-order valence-corrected chi connectivity index (χ0v) is 17.4. The van der Waals surface area contributed by atoms with Gasteiger partial charge in [0.1, 0.15) is 6.04 Å². The summed E-state index contributed by atoms with van der Waals surface area (Å²) in [5.41, 5.74) is 1.86. The van der Waals surface area contributed by atoms with Crippen molar-refractivity contribution in [3.8, 4) is 0 Å². The van der Waals surface area contributed by atoms with Crippen LogP contribution in [0.2, 0.25) is 0 Å². The molecule has 2 aromatic heterocycles. The van der Waals surface area contributed by atoms with Crippen molar-refractivity contribution in [3.05, 3.63) is 76.6 Å². The highest BCUT2D eigenvalue weighted by Crippen LogP contribution is 2.25. The van der Waals surface area contributed by atoms with Gasteiger partial charge in [0.15, 0.2) is 0 Å². The van der Waals surface area contributed by atoms with E-state index in [0.717, 1.165) is 28.5 Å². The molecule has 0 bridgehead atoms. The van der Waals surface area contributed by atoms with Gasteiger partial charge >= 0.3 is 0 Å². The number of likely N-dealkylation sites (tertiary alicyclic amines) is 1. The molecular formula is C22H21N3O2S2. The van der Waals surface area contributed by atoms with Gasteiger partial charge in [-0.1, -0.05) is 24.3 Å². The highest BCUT2D eigenvalue weighted by atomic mass is 32.2. The Labute approximate surface area is 178 Å². The first-order chi connectivity index (χ1) is 14.2. The normalized spacial score (nSPS) is 16.0. The molecule has 0 spiro atoms. The second kappa shape index (κ2) is 9.24. The van der Waals surface area contributed by atoms with Gasteiger partial charge < -0.3 is 10.2 Å². The van der Waals surface area contributed by atoms with E-state index in [1.54, 1.807) is 22.9 Å². The third-order valence-corrected chi connectivity index (χ3v) is 6.64. The number of anilines is 1. The Hall–Kier alpha value is -2.64. The molecule has 4 rings (SSSR count). The molecule has 3 aromatic rings. The lowest BCUT2D eigenvalue weighted by Gasteiger charge is -2.23. The molecule has 1 N–H and O–H groups in total. The summed E-state index contributed by atoms with van der Waals surface area (Å²) in [4.78, 5) is 32.3. The second-order valence-corrected chi connectivity index (χ2v) is 8.72. The van der Waals surface area contributed by atoms with E-state index in [-0.39, 0.29) is 11.8 Å². The Kier molecular flexibility index (Phi) is 6.27. The van der Waals surface area contributed by atoms with Crippen molar-refractivity contribution in [2.45, 2.75) is 29.7 Å². The van der Waals surface area contributed by atoms with E-state index in [9.17, 15) is 9.59 Å². The van der Waals surface area contributed by atoms with Crippen molar-refractivity contribution in [2.75, 3.05) is 11.9 Å². The zero-order chi connectivity index (χ0) is 20.1. The van der Waals surface area contributed by atoms with Crippen LogP contribution in [0.25, 0.3) is 0 Å². The Morgan fingerprint density at radius 1 is 1.17 bits per heavy atom. The van der Waals surface area contributed by atoms with Crippen LogP contribution in [-0.4, -0.2) is 34.3 Å². The van der Waals surface area contributed by atoms with Crippen molar-refractivity contribution in [2.24, 2.45) is 0 Å². The lowest BCUT2D eigenvalue weighted by Crippen LogP contribution is -2.42. The quantitative estimate of drug-likeness (QED) is 0.585. The summed E-state index contributed by atoms with van der Waals surface area (Å²) in [6, 6.07) is 16.9. The second-order valence-electron chi connectivity index (χ2n) is 6.78. The maximum Gasteiger partial charge on any atom is 0.264 e. The van der Waals surface area contributed by atoms with Gasteiger partial charge in [-0.2, -0.15) is 0 Å². The first-order valence-electron chi connectivity index (χ1n) is 9.49. The lowest BCUT2D eigenvalue weighted by molar-refractivity contribution is -0.119. The highest BCUT2D eigenvalue weighted by Gasteiger charge is 2.34. The highest BCUT2D eigenvalue weighted by molar-refractivity contribution is 7.98. The number of nitrogens with one attached hydrogen (secondary N) is 1. The fraction of sp³-hybridized carbons (Fsp3) is 0.227. The van der Waals surface area contributed by atoms with E-state index >= 15 is 0 Å². The summed E-state index contributed by atoms with van der Waals surface area (Å²) in [5.74, 6) is 0.591. The fourth-order valence-electron chi connectivity index (χ4n) is 3.38. The predicted molar refractivity (Wildman–Crippen MR) is 117 cm³/mol. The minimum Gasteiger partial charge on any atom is -0.326 e. The largest absolute Gasteiger partial charge is 0.326 e. The summed E-state index contributed by atoms with van der Waals surface area (Å²) in [7, 11) is 0. The molecule has 2 amide bonds. The van der Waals surface area contributed by atoms with Crippen molar-refractivity contribution in [3.63, 3.8) is 0 Å². The number of rotatable bonds is 6. The molecule has 0 unspecified atom stereocenters. The van der Waals surface area contributed by atoms with Gasteiger partial charge in [-0.15, -0.1) is 23.1 Å². The molecule has 0 radical (unpaired) electrons. The maximum absolute atomic E-state index is 12.9. The van der Waals surface area contributed by atoms with E-state index in [1.165, 1.54) is 11.3 Å². The maximum atomic E-state index is 12.9. The van der Waals surface area contributed by atoms with Gasteiger partial charge in [0.05, 0.1) is 9.90 Å². The van der Waals surface area contributed by atoms with E-state index < -0.39 is 6.04 Å². The van der Waals surface area contributed by atoms with Crippen molar-refractivity contribution < 1.29 is 9.59 Å². The Bertz CT molecular complexity index is 977. The predicted octanol–water partition coefficient (Wildman–Crippen LogP) is 4.68. The number of thiophene rings is 1. The standard InChI is InChI=1S/C22H21N3O2S2/c26-21(18-8-4-12-25(18)22(27)19-9-5-13-28-19)24-17-7-3-6-16(14-17)15-29-20-10-1-2-11-23-20/h1-3,5-7,9-11,13-14,18H,4,8,12,15H2,(H,24,26)/t18-/m0/s1. The molecule has 0 aliphatic carbocycles. The van der Waals surface area contributed by atoms with Gasteiger partial charge in [-0.05, 0) is 54.1 Å². The number of aromatic nitrogens is 1. The number of nitrogens with zero attached hydrogens (tertiary/aromatic N) is 2. The molecule has 148 valence electrons.